The Bertz CT molecular complexity index is 702. The van der Waals surface area contributed by atoms with Gasteiger partial charge in [0.2, 0.25) is 0 Å². The first-order valence-corrected chi connectivity index (χ1v) is 8.63. The van der Waals surface area contributed by atoms with Crippen molar-refractivity contribution in [2.45, 2.75) is 20.8 Å². The van der Waals surface area contributed by atoms with Crippen LogP contribution in [0.1, 0.15) is 31.3 Å². The van der Waals surface area contributed by atoms with E-state index in [1.54, 1.807) is 43.5 Å². The molecular weight excluding hydrogens is 307 g/mol. The summed E-state index contributed by atoms with van der Waals surface area (Å²) in [5.74, 6) is -0.495. The molecule has 0 bridgehead atoms. The average Bonchev–Trinajstić information content (AvgIpc) is 2.91. The second kappa shape index (κ2) is 7.05. The van der Waals surface area contributed by atoms with Gasteiger partial charge in [0.15, 0.2) is 5.69 Å². The summed E-state index contributed by atoms with van der Waals surface area (Å²) in [6, 6.07) is 3.28. The van der Waals surface area contributed by atoms with Crippen LogP contribution in [0.15, 0.2) is 24.5 Å². The Labute approximate surface area is 128 Å². The zero-order chi connectivity index (χ0) is 16.2. The van der Waals surface area contributed by atoms with E-state index in [-0.39, 0.29) is 25.5 Å². The number of aromatic nitrogens is 2. The van der Waals surface area contributed by atoms with Crippen LogP contribution in [0, 0.1) is 0 Å². The molecule has 0 unspecified atom stereocenters. The van der Waals surface area contributed by atoms with Gasteiger partial charge in [-0.1, -0.05) is 0 Å². The first-order valence-electron chi connectivity index (χ1n) is 7.09. The van der Waals surface area contributed by atoms with Crippen LogP contribution in [0.4, 0.5) is 0 Å². The number of carbonyl (C=O) groups is 1. The van der Waals surface area contributed by atoms with Crippen molar-refractivity contribution in [3.05, 3.63) is 30.2 Å². The van der Waals surface area contributed by atoms with Gasteiger partial charge in [-0.15, -0.1) is 0 Å². The molecular formula is C14H19N2O5P. The lowest BCUT2D eigenvalue weighted by Crippen LogP contribution is -2.12. The van der Waals surface area contributed by atoms with Crippen molar-refractivity contribution in [2.24, 2.45) is 0 Å². The highest BCUT2D eigenvalue weighted by molar-refractivity contribution is 7.62. The van der Waals surface area contributed by atoms with Gasteiger partial charge in [0.05, 0.1) is 25.1 Å². The Morgan fingerprint density at radius 1 is 1.14 bits per heavy atom. The zero-order valence-electron chi connectivity index (χ0n) is 12.8. The van der Waals surface area contributed by atoms with E-state index < -0.39 is 13.6 Å². The van der Waals surface area contributed by atoms with E-state index in [1.165, 1.54) is 6.20 Å². The minimum Gasteiger partial charge on any atom is -0.461 e. The fraction of sp³-hybridized carbons (Fsp3) is 0.429. The van der Waals surface area contributed by atoms with Crippen molar-refractivity contribution in [1.82, 2.24) is 9.38 Å². The smallest absolute Gasteiger partial charge is 0.362 e. The molecule has 0 saturated carbocycles. The number of fused-ring (bicyclic) bond motifs is 1. The molecule has 0 aromatic carbocycles. The number of nitrogens with zero attached hydrogens (tertiary/aromatic N) is 2. The Balaban J connectivity index is 2.41. The molecule has 2 rings (SSSR count). The topological polar surface area (TPSA) is 79.1 Å². The van der Waals surface area contributed by atoms with E-state index in [0.717, 1.165) is 0 Å². The minimum atomic E-state index is -3.37. The van der Waals surface area contributed by atoms with Crippen molar-refractivity contribution >= 4 is 24.5 Å². The minimum absolute atomic E-state index is 0.196. The Kier molecular flexibility index (Phi) is 5.34. The summed E-state index contributed by atoms with van der Waals surface area (Å²) in [6.45, 7) is 6.05. The van der Waals surface area contributed by atoms with E-state index in [4.69, 9.17) is 13.8 Å². The highest BCUT2D eigenvalue weighted by Crippen LogP contribution is 2.46. The quantitative estimate of drug-likeness (QED) is 0.574. The Morgan fingerprint density at radius 3 is 2.41 bits per heavy atom. The molecule has 0 radical (unpaired) electrons. The van der Waals surface area contributed by atoms with Crippen LogP contribution in [0.5, 0.6) is 0 Å². The predicted octanol–water partition coefficient (Wildman–Crippen LogP) is 2.40. The molecule has 0 aliphatic rings. The van der Waals surface area contributed by atoms with Crippen molar-refractivity contribution < 1.29 is 23.1 Å². The van der Waals surface area contributed by atoms with E-state index in [0.29, 0.717) is 11.0 Å². The third-order valence-corrected chi connectivity index (χ3v) is 4.93. The van der Waals surface area contributed by atoms with Gasteiger partial charge in [0.25, 0.3) is 0 Å². The van der Waals surface area contributed by atoms with E-state index in [2.05, 4.69) is 4.98 Å². The number of ether oxygens (including phenoxy) is 1. The lowest BCUT2D eigenvalue weighted by atomic mass is 10.5. The maximum Gasteiger partial charge on any atom is 0.362 e. The van der Waals surface area contributed by atoms with Gasteiger partial charge in [0.1, 0.15) is 5.65 Å². The molecule has 2 aromatic rings. The molecule has 0 atom stereocenters. The number of rotatable bonds is 7. The molecule has 0 fully saturated rings. The second-order valence-electron chi connectivity index (χ2n) is 4.33. The lowest BCUT2D eigenvalue weighted by Gasteiger charge is -2.17. The van der Waals surface area contributed by atoms with Crippen LogP contribution in [0.2, 0.25) is 0 Å². The fourth-order valence-corrected chi connectivity index (χ4v) is 3.55. The molecule has 0 N–H and O–H groups in total. The number of hydrogen-bond acceptors (Lipinski definition) is 6. The van der Waals surface area contributed by atoms with Gasteiger partial charge < -0.3 is 18.2 Å². The van der Waals surface area contributed by atoms with Gasteiger partial charge in [-0.25, -0.2) is 9.78 Å². The van der Waals surface area contributed by atoms with Gasteiger partial charge >= 0.3 is 13.6 Å². The largest absolute Gasteiger partial charge is 0.461 e. The molecule has 0 saturated heterocycles. The first kappa shape index (κ1) is 16.7. The van der Waals surface area contributed by atoms with E-state index in [9.17, 15) is 9.36 Å². The summed E-state index contributed by atoms with van der Waals surface area (Å²) >= 11 is 0. The van der Waals surface area contributed by atoms with Crippen LogP contribution in [-0.4, -0.2) is 35.2 Å². The molecule has 8 heteroatoms. The molecule has 0 aliphatic heterocycles. The zero-order valence-corrected chi connectivity index (χ0v) is 13.7. The maximum absolute atomic E-state index is 12.7. The molecule has 22 heavy (non-hydrogen) atoms. The molecule has 2 aromatic heterocycles. The summed E-state index contributed by atoms with van der Waals surface area (Å²) in [5, 5.41) is 0.413. The third kappa shape index (κ3) is 3.38. The Morgan fingerprint density at radius 2 is 1.82 bits per heavy atom. The van der Waals surface area contributed by atoms with Gasteiger partial charge in [-0.2, -0.15) is 0 Å². The fourth-order valence-electron chi connectivity index (χ4n) is 1.97. The van der Waals surface area contributed by atoms with Crippen molar-refractivity contribution in [3.8, 4) is 0 Å². The van der Waals surface area contributed by atoms with Gasteiger partial charge in [-0.05, 0) is 32.9 Å². The number of imidazole rings is 1. The number of pyridine rings is 1. The van der Waals surface area contributed by atoms with Crippen LogP contribution < -0.4 is 5.30 Å². The summed E-state index contributed by atoms with van der Waals surface area (Å²) < 4.78 is 29.9. The van der Waals surface area contributed by atoms with Crippen LogP contribution in [-0.2, 0) is 18.3 Å². The van der Waals surface area contributed by atoms with Crippen molar-refractivity contribution in [3.63, 3.8) is 0 Å². The first-order chi connectivity index (χ1) is 10.5. The van der Waals surface area contributed by atoms with Crippen molar-refractivity contribution in [2.75, 3.05) is 19.8 Å². The number of carbonyl (C=O) groups excluding carboxylic acids is 1. The summed E-state index contributed by atoms with van der Waals surface area (Å²) in [6.07, 6.45) is 3.12. The van der Waals surface area contributed by atoms with Crippen LogP contribution in [0.25, 0.3) is 5.65 Å². The van der Waals surface area contributed by atoms with E-state index >= 15 is 0 Å². The second-order valence-corrected chi connectivity index (χ2v) is 6.36. The highest BCUT2D eigenvalue weighted by Gasteiger charge is 2.27. The molecule has 0 aliphatic carbocycles. The average molecular weight is 326 g/mol. The normalized spacial score (nSPS) is 11.8. The molecule has 7 nitrogen and oxygen atoms in total. The van der Waals surface area contributed by atoms with Crippen molar-refractivity contribution in [1.29, 1.82) is 0 Å². The predicted molar refractivity (Wildman–Crippen MR) is 81.6 cm³/mol. The van der Waals surface area contributed by atoms with Gasteiger partial charge in [0, 0.05) is 12.4 Å². The third-order valence-electron chi connectivity index (χ3n) is 2.83. The summed E-state index contributed by atoms with van der Waals surface area (Å²) in [4.78, 5) is 15.9. The molecule has 0 amide bonds. The monoisotopic (exact) mass is 326 g/mol. The summed E-state index contributed by atoms with van der Waals surface area (Å²) in [7, 11) is -3.37. The lowest BCUT2D eigenvalue weighted by molar-refractivity contribution is 0.0520. The summed E-state index contributed by atoms with van der Waals surface area (Å²) in [5.41, 5.74) is 0.744. The maximum atomic E-state index is 12.7. The molecule has 2 heterocycles. The SMILES string of the molecule is CCOC(=O)c1cn2cc(P(=O)(OCC)OCC)ccc2n1. The Hall–Kier alpha value is -1.69. The highest BCUT2D eigenvalue weighted by atomic mass is 31.2. The standard InChI is InChI=1S/C14H19N2O5P/c1-4-19-14(17)12-10-16-9-11(7-8-13(16)15-12)22(18,20-5-2)21-6-3/h7-10H,4-6H2,1-3H3. The molecule has 0 spiro atoms. The van der Waals surface area contributed by atoms with Crippen LogP contribution in [0.3, 0.4) is 0 Å². The molecule has 120 valence electrons. The van der Waals surface area contributed by atoms with Gasteiger partial charge in [-0.3, -0.25) is 4.57 Å². The van der Waals surface area contributed by atoms with E-state index in [1.807, 2.05) is 0 Å². The van der Waals surface area contributed by atoms with Crippen LogP contribution >= 0.6 is 7.60 Å². The number of esters is 1. The number of hydrogen-bond donors (Lipinski definition) is 0.